The third kappa shape index (κ3) is 4.57. The maximum absolute atomic E-state index is 12.3. The molecule has 0 bridgehead atoms. The summed E-state index contributed by atoms with van der Waals surface area (Å²) in [5.41, 5.74) is 3.32. The molecule has 0 fully saturated rings. The van der Waals surface area contributed by atoms with Gasteiger partial charge in [-0.05, 0) is 49.2 Å². The van der Waals surface area contributed by atoms with E-state index in [0.717, 1.165) is 11.1 Å². The van der Waals surface area contributed by atoms with Gasteiger partial charge in [-0.15, -0.1) is 0 Å². The van der Waals surface area contributed by atoms with Crippen molar-refractivity contribution >= 4 is 34.8 Å². The number of nitrogens with one attached hydrogen (secondary N) is 1. The summed E-state index contributed by atoms with van der Waals surface area (Å²) >= 11 is 6.03. The minimum absolute atomic E-state index is 0.0660. The minimum atomic E-state index is -0.299. The molecule has 2 rings (SSSR count). The lowest BCUT2D eigenvalue weighted by Gasteiger charge is -2.22. The van der Waals surface area contributed by atoms with Crippen LogP contribution in [0.2, 0.25) is 5.02 Å². The van der Waals surface area contributed by atoms with Crippen molar-refractivity contribution < 1.29 is 9.59 Å². The zero-order valence-corrected chi connectivity index (χ0v) is 14.1. The van der Waals surface area contributed by atoms with Crippen molar-refractivity contribution in [1.29, 1.82) is 0 Å². The first-order valence-corrected chi connectivity index (χ1v) is 7.65. The van der Waals surface area contributed by atoms with Crippen molar-refractivity contribution in [1.82, 2.24) is 0 Å². The van der Waals surface area contributed by atoms with Crippen LogP contribution >= 0.6 is 11.6 Å². The van der Waals surface area contributed by atoms with Crippen molar-refractivity contribution in [3.05, 3.63) is 58.6 Å². The van der Waals surface area contributed by atoms with Gasteiger partial charge in [0.1, 0.15) is 6.54 Å². The smallest absolute Gasteiger partial charge is 0.244 e. The molecule has 2 aromatic carbocycles. The van der Waals surface area contributed by atoms with Gasteiger partial charge in [0, 0.05) is 12.6 Å². The Labute approximate surface area is 141 Å². The molecule has 0 aromatic heterocycles. The van der Waals surface area contributed by atoms with Gasteiger partial charge in [0.05, 0.1) is 10.7 Å². The van der Waals surface area contributed by atoms with Crippen LogP contribution < -0.4 is 10.2 Å². The lowest BCUT2D eigenvalue weighted by Crippen LogP contribution is -2.36. The summed E-state index contributed by atoms with van der Waals surface area (Å²) in [5, 5.41) is 3.19. The normalized spacial score (nSPS) is 10.3. The highest BCUT2D eigenvalue weighted by molar-refractivity contribution is 6.33. The van der Waals surface area contributed by atoms with Gasteiger partial charge in [-0.3, -0.25) is 9.59 Å². The third-order valence-corrected chi connectivity index (χ3v) is 3.68. The number of rotatable bonds is 4. The predicted molar refractivity (Wildman–Crippen MR) is 94.0 cm³/mol. The molecule has 0 radical (unpaired) electrons. The van der Waals surface area contributed by atoms with Gasteiger partial charge in [-0.2, -0.15) is 0 Å². The fraction of sp³-hybridized carbons (Fsp3) is 0.222. The highest BCUT2D eigenvalue weighted by Crippen LogP contribution is 2.22. The van der Waals surface area contributed by atoms with E-state index in [9.17, 15) is 9.59 Å². The molecule has 0 saturated carbocycles. The molecule has 0 unspecified atom stereocenters. The Morgan fingerprint density at radius 1 is 1.09 bits per heavy atom. The molecule has 4 nitrogen and oxygen atoms in total. The van der Waals surface area contributed by atoms with Gasteiger partial charge in [0.15, 0.2) is 0 Å². The highest BCUT2D eigenvalue weighted by atomic mass is 35.5. The molecule has 2 amide bonds. The Hall–Kier alpha value is -2.33. The highest BCUT2D eigenvalue weighted by Gasteiger charge is 2.17. The topological polar surface area (TPSA) is 49.4 Å². The molecule has 5 heteroatoms. The lowest BCUT2D eigenvalue weighted by atomic mass is 10.1. The molecule has 2 aromatic rings. The van der Waals surface area contributed by atoms with Crippen LogP contribution in [0, 0.1) is 13.8 Å². The van der Waals surface area contributed by atoms with Crippen molar-refractivity contribution in [2.45, 2.75) is 20.8 Å². The van der Waals surface area contributed by atoms with E-state index in [4.69, 9.17) is 11.6 Å². The molecule has 0 spiro atoms. The van der Waals surface area contributed by atoms with Gasteiger partial charge in [-0.25, -0.2) is 0 Å². The van der Waals surface area contributed by atoms with E-state index in [2.05, 4.69) is 5.32 Å². The number of aryl methyl sites for hydroxylation is 2. The summed E-state index contributed by atoms with van der Waals surface area (Å²) in [6, 6.07) is 12.8. The second kappa shape index (κ2) is 7.29. The van der Waals surface area contributed by atoms with Gasteiger partial charge in [0.2, 0.25) is 11.8 Å². The maximum atomic E-state index is 12.3. The Morgan fingerprint density at radius 3 is 2.26 bits per heavy atom. The van der Waals surface area contributed by atoms with Crippen molar-refractivity contribution in [3.63, 3.8) is 0 Å². The average molecular weight is 331 g/mol. The summed E-state index contributed by atoms with van der Waals surface area (Å²) in [5.74, 6) is -0.489. The Kier molecular flexibility index (Phi) is 5.40. The van der Waals surface area contributed by atoms with Crippen LogP contribution in [0.4, 0.5) is 11.4 Å². The largest absolute Gasteiger partial charge is 0.323 e. The van der Waals surface area contributed by atoms with Crippen LogP contribution in [0.1, 0.15) is 18.1 Å². The molecule has 23 heavy (non-hydrogen) atoms. The number of hydrogen-bond donors (Lipinski definition) is 1. The first-order chi connectivity index (χ1) is 10.9. The molecule has 0 aliphatic carbocycles. The number of carbonyl (C=O) groups is 2. The van der Waals surface area contributed by atoms with Gasteiger partial charge in [0.25, 0.3) is 0 Å². The van der Waals surface area contributed by atoms with E-state index in [-0.39, 0.29) is 18.4 Å². The Morgan fingerprint density at radius 2 is 1.70 bits per heavy atom. The van der Waals surface area contributed by atoms with E-state index in [1.165, 1.54) is 11.8 Å². The van der Waals surface area contributed by atoms with E-state index < -0.39 is 0 Å². The number of halogens is 1. The number of nitrogens with zero attached hydrogens (tertiary/aromatic N) is 1. The zero-order chi connectivity index (χ0) is 17.0. The fourth-order valence-corrected chi connectivity index (χ4v) is 2.57. The van der Waals surface area contributed by atoms with Crippen molar-refractivity contribution in [2.24, 2.45) is 0 Å². The average Bonchev–Trinajstić information content (AvgIpc) is 2.46. The van der Waals surface area contributed by atoms with E-state index >= 15 is 0 Å². The monoisotopic (exact) mass is 330 g/mol. The van der Waals surface area contributed by atoms with E-state index in [1.807, 2.05) is 32.0 Å². The zero-order valence-electron chi connectivity index (χ0n) is 13.4. The van der Waals surface area contributed by atoms with Crippen LogP contribution in [0.15, 0.2) is 42.5 Å². The number of anilines is 2. The molecular formula is C18H19ClN2O2. The minimum Gasteiger partial charge on any atom is -0.323 e. The molecule has 0 heterocycles. The SMILES string of the molecule is CC(=O)N(CC(=O)Nc1ccccc1Cl)c1cc(C)cc(C)c1. The molecular weight excluding hydrogens is 312 g/mol. The lowest BCUT2D eigenvalue weighted by molar-refractivity contribution is -0.120. The first kappa shape index (κ1) is 17.0. The number of para-hydroxylation sites is 1. The molecule has 120 valence electrons. The van der Waals surface area contributed by atoms with Crippen LogP contribution in [0.5, 0.6) is 0 Å². The van der Waals surface area contributed by atoms with Crippen LogP contribution in [0.3, 0.4) is 0 Å². The Bertz CT molecular complexity index is 723. The molecule has 1 N–H and O–H groups in total. The number of carbonyl (C=O) groups excluding carboxylic acids is 2. The van der Waals surface area contributed by atoms with Gasteiger partial charge >= 0.3 is 0 Å². The molecule has 0 saturated heterocycles. The molecule has 0 aliphatic heterocycles. The first-order valence-electron chi connectivity index (χ1n) is 7.27. The maximum Gasteiger partial charge on any atom is 0.244 e. The van der Waals surface area contributed by atoms with E-state index in [1.54, 1.807) is 24.3 Å². The Balaban J connectivity index is 2.18. The van der Waals surface area contributed by atoms with Crippen LogP contribution in [-0.2, 0) is 9.59 Å². The molecule has 0 aliphatic rings. The summed E-state index contributed by atoms with van der Waals surface area (Å²) in [4.78, 5) is 25.7. The molecule has 0 atom stereocenters. The summed E-state index contributed by atoms with van der Waals surface area (Å²) < 4.78 is 0. The quantitative estimate of drug-likeness (QED) is 0.922. The standard InChI is InChI=1S/C18H19ClN2O2/c1-12-8-13(2)10-15(9-12)21(14(3)22)11-18(23)20-17-7-5-4-6-16(17)19/h4-10H,11H2,1-3H3,(H,20,23). The number of benzene rings is 2. The third-order valence-electron chi connectivity index (χ3n) is 3.35. The van der Waals surface area contributed by atoms with Gasteiger partial charge < -0.3 is 10.2 Å². The summed E-state index contributed by atoms with van der Waals surface area (Å²) in [6.07, 6.45) is 0. The summed E-state index contributed by atoms with van der Waals surface area (Å²) in [7, 11) is 0. The number of amides is 2. The van der Waals surface area contributed by atoms with E-state index in [0.29, 0.717) is 16.4 Å². The second-order valence-corrected chi connectivity index (χ2v) is 5.89. The van der Waals surface area contributed by atoms with Crippen LogP contribution in [-0.4, -0.2) is 18.4 Å². The second-order valence-electron chi connectivity index (χ2n) is 5.48. The van der Waals surface area contributed by atoms with Gasteiger partial charge in [-0.1, -0.05) is 29.8 Å². The van der Waals surface area contributed by atoms with Crippen molar-refractivity contribution in [2.75, 3.05) is 16.8 Å². The fourth-order valence-electron chi connectivity index (χ4n) is 2.39. The summed E-state index contributed by atoms with van der Waals surface area (Å²) in [6.45, 7) is 5.29. The predicted octanol–water partition coefficient (Wildman–Crippen LogP) is 3.95. The number of hydrogen-bond acceptors (Lipinski definition) is 2. The van der Waals surface area contributed by atoms with Crippen LogP contribution in [0.25, 0.3) is 0 Å². The van der Waals surface area contributed by atoms with Crippen molar-refractivity contribution in [3.8, 4) is 0 Å².